The van der Waals surface area contributed by atoms with Crippen LogP contribution in [-0.2, 0) is 19.6 Å². The topological polar surface area (TPSA) is 153 Å². The fourth-order valence-electron chi connectivity index (χ4n) is 4.92. The Kier molecular flexibility index (Phi) is 9.74. The van der Waals surface area contributed by atoms with Crippen LogP contribution >= 0.6 is 22.9 Å². The minimum atomic E-state index is -6.30. The zero-order valence-corrected chi connectivity index (χ0v) is 29.8. The first kappa shape index (κ1) is 37.0. The van der Waals surface area contributed by atoms with Crippen LogP contribution in [0.2, 0.25) is 5.02 Å². The number of carbonyl (C=O) groups is 2. The van der Waals surface area contributed by atoms with Crippen LogP contribution < -0.4 is 14.4 Å². The molecule has 3 heterocycles. The van der Waals surface area contributed by atoms with E-state index in [9.17, 15) is 31.2 Å². The fourth-order valence-corrected chi connectivity index (χ4v) is 6.57. The molecular formula is C30H31ClF4N6O7S2. The molecule has 1 saturated heterocycles. The Balaban J connectivity index is 1.64. The maximum atomic E-state index is 15.1. The van der Waals surface area contributed by atoms with Gasteiger partial charge in [-0.3, -0.25) is 5.32 Å². The van der Waals surface area contributed by atoms with Crippen LogP contribution in [0, 0.1) is 5.82 Å². The van der Waals surface area contributed by atoms with Crippen molar-refractivity contribution >= 4 is 77.3 Å². The lowest BCUT2D eigenvalue weighted by molar-refractivity contribution is -0.0499. The van der Waals surface area contributed by atoms with Gasteiger partial charge >= 0.3 is 27.8 Å². The van der Waals surface area contributed by atoms with Crippen molar-refractivity contribution in [1.82, 2.24) is 19.9 Å². The van der Waals surface area contributed by atoms with Crippen molar-refractivity contribution in [3.8, 4) is 16.9 Å². The molecule has 5 rings (SSSR count). The summed E-state index contributed by atoms with van der Waals surface area (Å²) in [6.45, 7) is 10.9. The second kappa shape index (κ2) is 13.1. The van der Waals surface area contributed by atoms with E-state index in [1.807, 2.05) is 0 Å². The van der Waals surface area contributed by atoms with E-state index in [2.05, 4.69) is 20.3 Å². The zero-order valence-electron chi connectivity index (χ0n) is 27.4. The predicted octanol–water partition coefficient (Wildman–Crippen LogP) is 7.33. The average Bonchev–Trinajstić information content (AvgIpc) is 3.39. The van der Waals surface area contributed by atoms with E-state index in [1.165, 1.54) is 11.0 Å². The van der Waals surface area contributed by atoms with Gasteiger partial charge in [0.2, 0.25) is 0 Å². The maximum absolute atomic E-state index is 15.1. The molecule has 0 aliphatic carbocycles. The molecule has 1 N–H and O–H groups in total. The maximum Gasteiger partial charge on any atom is 0.534 e. The number of benzene rings is 2. The molecule has 13 nitrogen and oxygen atoms in total. The van der Waals surface area contributed by atoms with Gasteiger partial charge in [0.25, 0.3) is 0 Å². The van der Waals surface area contributed by atoms with Crippen LogP contribution in [0.4, 0.5) is 38.1 Å². The van der Waals surface area contributed by atoms with Crippen molar-refractivity contribution in [2.24, 2.45) is 0 Å². The van der Waals surface area contributed by atoms with E-state index in [0.29, 0.717) is 11.3 Å². The first-order valence-electron chi connectivity index (χ1n) is 14.8. The largest absolute Gasteiger partial charge is 0.534 e. The van der Waals surface area contributed by atoms with Crippen LogP contribution in [0.3, 0.4) is 0 Å². The van der Waals surface area contributed by atoms with E-state index in [4.69, 9.17) is 25.3 Å². The highest BCUT2D eigenvalue weighted by Gasteiger charge is 2.49. The highest BCUT2D eigenvalue weighted by Crippen LogP contribution is 2.48. The molecule has 1 fully saturated rings. The van der Waals surface area contributed by atoms with Gasteiger partial charge in [-0.05, 0) is 59.7 Å². The molecule has 50 heavy (non-hydrogen) atoms. The van der Waals surface area contributed by atoms with Gasteiger partial charge < -0.3 is 23.5 Å². The van der Waals surface area contributed by atoms with Crippen LogP contribution in [0.15, 0.2) is 24.5 Å². The Morgan fingerprint density at radius 1 is 0.960 bits per heavy atom. The summed E-state index contributed by atoms with van der Waals surface area (Å²) in [5.74, 6) is -1.54. The lowest BCUT2D eigenvalue weighted by Crippen LogP contribution is -2.50. The molecular weight excluding hydrogens is 732 g/mol. The van der Waals surface area contributed by atoms with Crippen molar-refractivity contribution < 1.29 is 49.2 Å². The molecule has 4 aromatic rings. The lowest BCUT2D eigenvalue weighted by atomic mass is 10.0. The molecule has 2 aromatic heterocycles. The number of hydrogen-bond donors (Lipinski definition) is 1. The summed E-state index contributed by atoms with van der Waals surface area (Å²) >= 11 is 7.42. The van der Waals surface area contributed by atoms with Gasteiger partial charge in [-0.15, -0.1) is 0 Å². The van der Waals surface area contributed by atoms with Gasteiger partial charge in [0.05, 0.1) is 15.2 Å². The van der Waals surface area contributed by atoms with Gasteiger partial charge in [0.15, 0.2) is 10.9 Å². The molecule has 0 radical (unpaired) electrons. The zero-order chi connectivity index (χ0) is 37.0. The van der Waals surface area contributed by atoms with Crippen LogP contribution in [0.1, 0.15) is 41.5 Å². The third kappa shape index (κ3) is 7.88. The molecule has 1 aliphatic heterocycles. The number of piperazine rings is 1. The summed E-state index contributed by atoms with van der Waals surface area (Å²) in [7, 11) is -6.30. The molecule has 0 bridgehead atoms. The number of nitrogens with zero attached hydrogens (tertiary/aromatic N) is 5. The normalized spacial score (nSPS) is 14.6. The number of alkyl halides is 3. The van der Waals surface area contributed by atoms with E-state index >= 15 is 4.39 Å². The molecule has 0 unspecified atom stereocenters. The van der Waals surface area contributed by atoms with Gasteiger partial charge in [0, 0.05) is 42.7 Å². The van der Waals surface area contributed by atoms with E-state index in [1.54, 1.807) is 46.4 Å². The third-order valence-corrected chi connectivity index (χ3v) is 9.13. The molecule has 0 spiro atoms. The molecule has 270 valence electrons. The summed E-state index contributed by atoms with van der Waals surface area (Å²) in [6, 6.07) is 3.42. The van der Waals surface area contributed by atoms with Crippen LogP contribution in [0.5, 0.6) is 5.75 Å². The Bertz CT molecular complexity index is 2090. The minimum absolute atomic E-state index is 0.0308. The van der Waals surface area contributed by atoms with Crippen LogP contribution in [0.25, 0.3) is 32.2 Å². The Morgan fingerprint density at radius 2 is 1.60 bits per heavy atom. The standard InChI is InChI=1S/C30H31ClF4N6O7S2/c1-28(2,3)46-26(42)39-25-38-21-15(7-8-18(32)23(21)49-25)19-17(31)13-16-20(22(19)48-50(44,45)30(33,34)35)36-14-37-24(16)40-9-11-41(12-10-40)27(43)47-29(4,5)6/h7-8,13-14H,9-12H2,1-6H3,(H,38,39,42). The highest BCUT2D eigenvalue weighted by atomic mass is 35.5. The molecule has 20 heteroatoms. The Morgan fingerprint density at radius 3 is 2.20 bits per heavy atom. The van der Waals surface area contributed by atoms with Gasteiger partial charge in [-0.2, -0.15) is 21.6 Å². The van der Waals surface area contributed by atoms with Crippen molar-refractivity contribution in [1.29, 1.82) is 0 Å². The number of fused-ring (bicyclic) bond motifs is 2. The second-order valence-electron chi connectivity index (χ2n) is 13.0. The molecule has 2 amide bonds. The van der Waals surface area contributed by atoms with E-state index < -0.39 is 56.1 Å². The summed E-state index contributed by atoms with van der Waals surface area (Å²) in [5.41, 5.74) is -8.51. The van der Waals surface area contributed by atoms with E-state index in [0.717, 1.165) is 18.5 Å². The molecule has 1 aliphatic rings. The first-order valence-corrected chi connectivity index (χ1v) is 17.4. The predicted molar refractivity (Wildman–Crippen MR) is 179 cm³/mol. The number of thiazole rings is 1. The number of nitrogens with one attached hydrogen (secondary N) is 1. The van der Waals surface area contributed by atoms with Crippen LogP contribution in [-0.4, -0.2) is 83.3 Å². The fraction of sp³-hybridized carbons (Fsp3) is 0.433. The quantitative estimate of drug-likeness (QED) is 0.124. The number of amides is 2. The second-order valence-corrected chi connectivity index (χ2v) is 16.0. The minimum Gasteiger partial charge on any atom is -0.444 e. The first-order chi connectivity index (χ1) is 23.0. The highest BCUT2D eigenvalue weighted by molar-refractivity contribution is 7.88. The number of rotatable bonds is 5. The van der Waals surface area contributed by atoms with Crippen molar-refractivity contribution in [2.75, 3.05) is 36.4 Å². The number of halogens is 5. The van der Waals surface area contributed by atoms with Crippen molar-refractivity contribution in [3.05, 3.63) is 35.4 Å². The Hall–Kier alpha value is -4.23. The monoisotopic (exact) mass is 762 g/mol. The SMILES string of the molecule is CC(C)(C)OC(=O)Nc1nc2c(-c3c(Cl)cc4c(N5CCN(C(=O)OC(C)(C)C)CC5)ncnc4c3OS(=O)(=O)C(F)(F)F)ccc(F)c2s1. The molecule has 2 aromatic carbocycles. The van der Waals surface area contributed by atoms with E-state index in [-0.39, 0.29) is 68.8 Å². The smallest absolute Gasteiger partial charge is 0.444 e. The summed E-state index contributed by atoms with van der Waals surface area (Å²) in [5, 5.41) is 1.98. The van der Waals surface area contributed by atoms with Gasteiger partial charge in [-0.1, -0.05) is 22.9 Å². The average molecular weight is 763 g/mol. The molecule has 0 saturated carbocycles. The Labute approximate surface area is 292 Å². The third-order valence-electron chi connectivity index (χ3n) is 6.90. The number of anilines is 2. The molecule has 0 atom stereocenters. The number of carbonyl (C=O) groups excluding carboxylic acids is 2. The lowest BCUT2D eigenvalue weighted by Gasteiger charge is -2.36. The number of hydrogen-bond acceptors (Lipinski definition) is 12. The number of aromatic nitrogens is 3. The van der Waals surface area contributed by atoms with Crippen molar-refractivity contribution in [2.45, 2.75) is 58.3 Å². The summed E-state index contributed by atoms with van der Waals surface area (Å²) < 4.78 is 96.5. The number of ether oxygens (including phenoxy) is 2. The van der Waals surface area contributed by atoms with Gasteiger partial charge in [-0.25, -0.2) is 28.9 Å². The summed E-state index contributed by atoms with van der Waals surface area (Å²) in [6.07, 6.45) is -0.421. The van der Waals surface area contributed by atoms with Crippen molar-refractivity contribution in [3.63, 3.8) is 0 Å². The van der Waals surface area contributed by atoms with Gasteiger partial charge in [0.1, 0.15) is 34.7 Å². The summed E-state index contributed by atoms with van der Waals surface area (Å²) in [4.78, 5) is 40.8.